The van der Waals surface area contributed by atoms with Gasteiger partial charge in [-0.3, -0.25) is 0 Å². The van der Waals surface area contributed by atoms with E-state index in [2.05, 4.69) is 30.2 Å². The van der Waals surface area contributed by atoms with Gasteiger partial charge in [0.1, 0.15) is 0 Å². The molecule has 0 aromatic rings. The Hall–Kier alpha value is -0.830. The van der Waals surface area contributed by atoms with Gasteiger partial charge < -0.3 is 0 Å². The summed E-state index contributed by atoms with van der Waals surface area (Å²) in [5.41, 5.74) is 0.341. The molecule has 0 radical (unpaired) electrons. The van der Waals surface area contributed by atoms with Gasteiger partial charge in [-0.15, -0.1) is 6.58 Å². The van der Waals surface area contributed by atoms with Crippen molar-refractivity contribution in [3.63, 3.8) is 0 Å². The maximum absolute atomic E-state index is 4.29. The number of allylic oxidation sites excluding steroid dienone is 2. The Morgan fingerprint density at radius 3 is 2.94 bits per heavy atom. The molecule has 1 saturated carbocycles. The maximum atomic E-state index is 4.29. The molecule has 1 aliphatic carbocycles. The van der Waals surface area contributed by atoms with Gasteiger partial charge in [0, 0.05) is 11.4 Å². The van der Waals surface area contributed by atoms with E-state index in [1.54, 1.807) is 18.0 Å². The van der Waals surface area contributed by atoms with Crippen molar-refractivity contribution in [2.75, 3.05) is 0 Å². The van der Waals surface area contributed by atoms with Crippen LogP contribution in [0.1, 0.15) is 39.5 Å². The lowest BCUT2D eigenvalue weighted by Gasteiger charge is -2.29. The van der Waals surface area contributed by atoms with Gasteiger partial charge in [-0.2, -0.15) is 0 Å². The summed E-state index contributed by atoms with van der Waals surface area (Å²) in [5.74, 6) is 0. The molecule has 0 aromatic carbocycles. The third-order valence-electron chi connectivity index (χ3n) is 3.32. The van der Waals surface area contributed by atoms with E-state index in [4.69, 9.17) is 0 Å². The van der Waals surface area contributed by atoms with Crippen molar-refractivity contribution in [2.24, 2.45) is 15.4 Å². The molecule has 0 saturated heterocycles. The number of rotatable bonds is 4. The average molecular weight is 250 g/mol. The van der Waals surface area contributed by atoms with Crippen LogP contribution >= 0.6 is 11.8 Å². The first-order chi connectivity index (χ1) is 8.16. The summed E-state index contributed by atoms with van der Waals surface area (Å²) in [7, 11) is 0. The van der Waals surface area contributed by atoms with Gasteiger partial charge in [-0.05, 0) is 38.3 Å². The van der Waals surface area contributed by atoms with Gasteiger partial charge in [0.15, 0.2) is 5.17 Å². The Kier molecular flexibility index (Phi) is 5.69. The number of amidine groups is 1. The highest BCUT2D eigenvalue weighted by Crippen LogP contribution is 2.47. The third kappa shape index (κ3) is 3.84. The molecular formula is C14H22N2S. The Labute approximate surface area is 109 Å². The Morgan fingerprint density at radius 2 is 2.35 bits per heavy atom. The Balaban J connectivity index is 2.72. The summed E-state index contributed by atoms with van der Waals surface area (Å²) < 4.78 is 0. The highest BCUT2D eigenvalue weighted by Gasteiger charge is 2.38. The van der Waals surface area contributed by atoms with Crippen LogP contribution < -0.4 is 0 Å². The van der Waals surface area contributed by atoms with Crippen LogP contribution in [0, 0.1) is 5.41 Å². The number of hydrogen-bond donors (Lipinski definition) is 0. The molecule has 1 fully saturated rings. The summed E-state index contributed by atoms with van der Waals surface area (Å²) in [6.45, 7) is 11.8. The van der Waals surface area contributed by atoms with Gasteiger partial charge in [0.25, 0.3) is 0 Å². The number of hydrogen-bond acceptors (Lipinski definition) is 2. The van der Waals surface area contributed by atoms with E-state index in [0.717, 1.165) is 11.6 Å². The van der Waals surface area contributed by atoms with Crippen molar-refractivity contribution in [2.45, 2.75) is 44.8 Å². The van der Waals surface area contributed by atoms with Crippen molar-refractivity contribution >= 4 is 23.6 Å². The molecule has 0 aromatic heterocycles. The fraction of sp³-hybridized carbons (Fsp3) is 0.571. The molecule has 2 nitrogen and oxygen atoms in total. The van der Waals surface area contributed by atoms with E-state index in [1.807, 2.05) is 19.1 Å². The molecule has 0 unspecified atom stereocenters. The van der Waals surface area contributed by atoms with Crippen LogP contribution in [0.25, 0.3) is 0 Å². The third-order valence-corrected chi connectivity index (χ3v) is 4.85. The molecule has 0 aliphatic heterocycles. The largest absolute Gasteiger partial charge is 0.239 e. The monoisotopic (exact) mass is 250 g/mol. The summed E-state index contributed by atoms with van der Waals surface area (Å²) in [6, 6.07) is 0. The van der Waals surface area contributed by atoms with Crippen LogP contribution in [0.2, 0.25) is 0 Å². The van der Waals surface area contributed by atoms with Gasteiger partial charge in [-0.1, -0.05) is 37.3 Å². The lowest BCUT2D eigenvalue weighted by Crippen LogP contribution is -2.24. The Morgan fingerprint density at radius 1 is 1.59 bits per heavy atom. The minimum atomic E-state index is 0.341. The molecule has 0 bridgehead atoms. The molecule has 3 heteroatoms. The zero-order valence-electron chi connectivity index (χ0n) is 10.9. The van der Waals surface area contributed by atoms with Crippen LogP contribution in [0.3, 0.4) is 0 Å². The zero-order chi connectivity index (χ0) is 12.7. The Bertz CT molecular complexity index is 333. The SMILES string of the molecule is C=CC[C@]1(C)CCC[C@H]1S/C(N=C)=N/C=C\C. The normalized spacial score (nSPS) is 29.8. The lowest BCUT2D eigenvalue weighted by atomic mass is 9.85. The van der Waals surface area contributed by atoms with Gasteiger partial charge in [0.05, 0.1) is 0 Å². The van der Waals surface area contributed by atoms with Crippen molar-refractivity contribution in [3.8, 4) is 0 Å². The molecule has 2 atom stereocenters. The van der Waals surface area contributed by atoms with Crippen molar-refractivity contribution < 1.29 is 0 Å². The fourth-order valence-corrected chi connectivity index (χ4v) is 3.57. The second-order valence-corrected chi connectivity index (χ2v) is 5.87. The molecule has 1 aliphatic rings. The predicted molar refractivity (Wildman–Crippen MR) is 79.9 cm³/mol. The maximum Gasteiger partial charge on any atom is 0.187 e. The topological polar surface area (TPSA) is 24.7 Å². The summed E-state index contributed by atoms with van der Waals surface area (Å²) in [6.07, 6.45) is 10.6. The van der Waals surface area contributed by atoms with Crippen molar-refractivity contribution in [1.29, 1.82) is 0 Å². The number of nitrogens with zero attached hydrogens (tertiary/aromatic N) is 2. The van der Waals surface area contributed by atoms with Gasteiger partial charge in [-0.25, -0.2) is 9.98 Å². The molecule has 0 spiro atoms. The van der Waals surface area contributed by atoms with Gasteiger partial charge in [0.2, 0.25) is 0 Å². The smallest absolute Gasteiger partial charge is 0.187 e. The standard InChI is InChI=1S/C14H22N2S/c1-5-9-14(3)10-7-8-12(14)17-13(15-4)16-11-6-2/h5-6,11-12H,1,4,7-10H2,2-3H3/b11-6-,16-13+/t12-,14-/m1/s1. The van der Waals surface area contributed by atoms with Crippen LogP contribution in [0.15, 0.2) is 34.9 Å². The molecule has 94 valence electrons. The van der Waals surface area contributed by atoms with E-state index < -0.39 is 0 Å². The summed E-state index contributed by atoms with van der Waals surface area (Å²) in [5, 5.41) is 1.36. The quantitative estimate of drug-likeness (QED) is 0.411. The average Bonchev–Trinajstić information content (AvgIpc) is 2.66. The van der Waals surface area contributed by atoms with E-state index in [0.29, 0.717) is 10.7 Å². The lowest BCUT2D eigenvalue weighted by molar-refractivity contribution is 0.353. The summed E-state index contributed by atoms with van der Waals surface area (Å²) >= 11 is 1.76. The van der Waals surface area contributed by atoms with Gasteiger partial charge >= 0.3 is 0 Å². The van der Waals surface area contributed by atoms with Crippen LogP contribution in [-0.2, 0) is 0 Å². The number of aliphatic imine (C=N–C) groups is 2. The molecule has 0 N–H and O–H groups in total. The van der Waals surface area contributed by atoms with E-state index in [9.17, 15) is 0 Å². The van der Waals surface area contributed by atoms with Crippen molar-refractivity contribution in [1.82, 2.24) is 0 Å². The molecule has 1 rings (SSSR count). The van der Waals surface area contributed by atoms with E-state index >= 15 is 0 Å². The first-order valence-electron chi connectivity index (χ1n) is 6.09. The second-order valence-electron chi connectivity index (χ2n) is 4.70. The first kappa shape index (κ1) is 14.2. The van der Waals surface area contributed by atoms with Crippen LogP contribution in [0.4, 0.5) is 0 Å². The predicted octanol–water partition coefficient (Wildman–Crippen LogP) is 4.44. The first-order valence-corrected chi connectivity index (χ1v) is 6.97. The number of thioether (sulfide) groups is 1. The molecule has 0 amide bonds. The molecule has 0 heterocycles. The highest BCUT2D eigenvalue weighted by molar-refractivity contribution is 8.14. The van der Waals surface area contributed by atoms with E-state index in [-0.39, 0.29) is 0 Å². The van der Waals surface area contributed by atoms with E-state index in [1.165, 1.54) is 19.3 Å². The van der Waals surface area contributed by atoms with Crippen LogP contribution in [-0.4, -0.2) is 17.1 Å². The molecule has 17 heavy (non-hydrogen) atoms. The highest BCUT2D eigenvalue weighted by atomic mass is 32.2. The minimum Gasteiger partial charge on any atom is -0.239 e. The fourth-order valence-electron chi connectivity index (χ4n) is 2.34. The minimum absolute atomic E-state index is 0.341. The van der Waals surface area contributed by atoms with Crippen molar-refractivity contribution in [3.05, 3.63) is 24.9 Å². The second kappa shape index (κ2) is 6.80. The zero-order valence-corrected chi connectivity index (χ0v) is 11.7. The molecular weight excluding hydrogens is 228 g/mol. The van der Waals surface area contributed by atoms with Crippen LogP contribution in [0.5, 0.6) is 0 Å². The summed E-state index contributed by atoms with van der Waals surface area (Å²) in [4.78, 5) is 8.29.